The molecule has 1 aromatic heterocycles. The summed E-state index contributed by atoms with van der Waals surface area (Å²) in [6, 6.07) is 12.3. The van der Waals surface area contributed by atoms with E-state index in [4.69, 9.17) is 4.42 Å². The molecule has 0 fully saturated rings. The normalized spacial score (nSPS) is 14.3. The Bertz CT molecular complexity index is 476. The van der Waals surface area contributed by atoms with Crippen molar-refractivity contribution in [1.82, 2.24) is 5.32 Å². The molecule has 19 heavy (non-hydrogen) atoms. The van der Waals surface area contributed by atoms with Gasteiger partial charge in [0.2, 0.25) is 0 Å². The van der Waals surface area contributed by atoms with Gasteiger partial charge in [0.15, 0.2) is 0 Å². The first-order chi connectivity index (χ1) is 9.15. The van der Waals surface area contributed by atoms with Crippen molar-refractivity contribution < 1.29 is 9.52 Å². The molecule has 0 aliphatic rings. The molecule has 2 rings (SSSR count). The lowest BCUT2D eigenvalue weighted by Gasteiger charge is -2.16. The van der Waals surface area contributed by atoms with Gasteiger partial charge in [-0.1, -0.05) is 29.8 Å². The molecule has 3 heteroatoms. The summed E-state index contributed by atoms with van der Waals surface area (Å²) >= 11 is 0. The molecule has 0 aliphatic carbocycles. The van der Waals surface area contributed by atoms with Gasteiger partial charge in [0.05, 0.1) is 6.26 Å². The lowest BCUT2D eigenvalue weighted by molar-refractivity contribution is 0.128. The van der Waals surface area contributed by atoms with Crippen LogP contribution in [0.1, 0.15) is 36.3 Å². The summed E-state index contributed by atoms with van der Waals surface area (Å²) in [6.07, 6.45) is 1.68. The number of furan rings is 1. The van der Waals surface area contributed by atoms with Gasteiger partial charge >= 0.3 is 0 Å². The van der Waals surface area contributed by atoms with Crippen LogP contribution in [0.3, 0.4) is 0 Å². The van der Waals surface area contributed by atoms with E-state index >= 15 is 0 Å². The zero-order valence-corrected chi connectivity index (χ0v) is 11.5. The summed E-state index contributed by atoms with van der Waals surface area (Å²) in [5.74, 6) is 0.629. The largest absolute Gasteiger partial charge is 0.467 e. The van der Waals surface area contributed by atoms with E-state index in [1.807, 2.05) is 0 Å². The van der Waals surface area contributed by atoms with Gasteiger partial charge in [-0.05, 0) is 38.0 Å². The van der Waals surface area contributed by atoms with Gasteiger partial charge in [-0.15, -0.1) is 0 Å². The van der Waals surface area contributed by atoms with E-state index in [0.717, 1.165) is 6.54 Å². The maximum absolute atomic E-state index is 9.98. The molecule has 0 aliphatic heterocycles. The second kappa shape index (κ2) is 6.55. The van der Waals surface area contributed by atoms with Crippen molar-refractivity contribution in [2.75, 3.05) is 0 Å². The third kappa shape index (κ3) is 4.23. The summed E-state index contributed by atoms with van der Waals surface area (Å²) in [6.45, 7) is 4.96. The lowest BCUT2D eigenvalue weighted by Crippen LogP contribution is -2.27. The SMILES string of the molecule is Cc1ccc(CNC(C)CC(O)c2ccco2)cc1. The number of rotatable bonds is 6. The minimum atomic E-state index is -0.546. The van der Waals surface area contributed by atoms with Gasteiger partial charge in [-0.25, -0.2) is 0 Å². The Morgan fingerprint density at radius 3 is 2.58 bits per heavy atom. The van der Waals surface area contributed by atoms with Gasteiger partial charge in [-0.3, -0.25) is 0 Å². The van der Waals surface area contributed by atoms with Crippen molar-refractivity contribution in [3.63, 3.8) is 0 Å². The minimum absolute atomic E-state index is 0.224. The molecule has 0 radical (unpaired) electrons. The Balaban J connectivity index is 1.78. The summed E-state index contributed by atoms with van der Waals surface area (Å²) in [4.78, 5) is 0. The highest BCUT2D eigenvalue weighted by atomic mass is 16.4. The number of nitrogens with one attached hydrogen (secondary N) is 1. The Labute approximate surface area is 114 Å². The van der Waals surface area contributed by atoms with Crippen molar-refractivity contribution in [3.8, 4) is 0 Å². The lowest BCUT2D eigenvalue weighted by atomic mass is 10.1. The van der Waals surface area contributed by atoms with E-state index in [1.54, 1.807) is 18.4 Å². The number of aliphatic hydroxyl groups is 1. The summed E-state index contributed by atoms with van der Waals surface area (Å²) in [5, 5.41) is 13.4. The van der Waals surface area contributed by atoms with Crippen molar-refractivity contribution in [2.45, 2.75) is 39.0 Å². The van der Waals surface area contributed by atoms with E-state index in [2.05, 4.69) is 43.4 Å². The molecule has 2 unspecified atom stereocenters. The fourth-order valence-electron chi connectivity index (χ4n) is 2.01. The zero-order valence-electron chi connectivity index (χ0n) is 11.5. The van der Waals surface area contributed by atoms with Crippen LogP contribution in [0.4, 0.5) is 0 Å². The van der Waals surface area contributed by atoms with E-state index in [0.29, 0.717) is 12.2 Å². The topological polar surface area (TPSA) is 45.4 Å². The molecule has 1 aromatic carbocycles. The van der Waals surface area contributed by atoms with Crippen LogP contribution in [0, 0.1) is 6.92 Å². The second-order valence-electron chi connectivity index (χ2n) is 5.03. The molecule has 3 nitrogen and oxygen atoms in total. The predicted octanol–water partition coefficient (Wildman–Crippen LogP) is 3.19. The first kappa shape index (κ1) is 13.8. The van der Waals surface area contributed by atoms with Crippen molar-refractivity contribution in [3.05, 3.63) is 59.5 Å². The fraction of sp³-hybridized carbons (Fsp3) is 0.375. The number of benzene rings is 1. The molecule has 2 N–H and O–H groups in total. The number of hydrogen-bond acceptors (Lipinski definition) is 3. The van der Waals surface area contributed by atoms with Gasteiger partial charge in [0, 0.05) is 12.6 Å². The number of aliphatic hydroxyl groups excluding tert-OH is 1. The summed E-state index contributed by atoms with van der Waals surface area (Å²) in [5.41, 5.74) is 2.52. The molecule has 2 atom stereocenters. The van der Waals surface area contributed by atoms with E-state index < -0.39 is 6.10 Å². The average molecular weight is 259 g/mol. The third-order valence-electron chi connectivity index (χ3n) is 3.22. The van der Waals surface area contributed by atoms with E-state index in [9.17, 15) is 5.11 Å². The molecular weight excluding hydrogens is 238 g/mol. The Kier molecular flexibility index (Phi) is 4.77. The molecule has 0 saturated heterocycles. The average Bonchev–Trinajstić information content (AvgIpc) is 2.92. The molecule has 0 amide bonds. The van der Waals surface area contributed by atoms with Crippen molar-refractivity contribution >= 4 is 0 Å². The highest BCUT2D eigenvalue weighted by Crippen LogP contribution is 2.18. The third-order valence-corrected chi connectivity index (χ3v) is 3.22. The van der Waals surface area contributed by atoms with Crippen LogP contribution in [-0.2, 0) is 6.54 Å². The zero-order chi connectivity index (χ0) is 13.7. The molecule has 0 spiro atoms. The van der Waals surface area contributed by atoms with Gasteiger partial charge in [-0.2, -0.15) is 0 Å². The van der Waals surface area contributed by atoms with Crippen LogP contribution in [-0.4, -0.2) is 11.1 Å². The van der Waals surface area contributed by atoms with E-state index in [-0.39, 0.29) is 6.04 Å². The molecule has 2 aromatic rings. The van der Waals surface area contributed by atoms with Crippen LogP contribution < -0.4 is 5.32 Å². The minimum Gasteiger partial charge on any atom is -0.467 e. The molecule has 1 heterocycles. The van der Waals surface area contributed by atoms with Crippen LogP contribution in [0.15, 0.2) is 47.1 Å². The van der Waals surface area contributed by atoms with Crippen LogP contribution in [0.25, 0.3) is 0 Å². The molecule has 0 bridgehead atoms. The van der Waals surface area contributed by atoms with Crippen LogP contribution in [0.5, 0.6) is 0 Å². The van der Waals surface area contributed by atoms with Crippen molar-refractivity contribution in [2.24, 2.45) is 0 Å². The standard InChI is InChI=1S/C16H21NO2/c1-12-5-7-14(8-6-12)11-17-13(2)10-15(18)16-4-3-9-19-16/h3-9,13,15,17-18H,10-11H2,1-2H3. The maximum Gasteiger partial charge on any atom is 0.132 e. The van der Waals surface area contributed by atoms with Gasteiger partial charge in [0.1, 0.15) is 11.9 Å². The quantitative estimate of drug-likeness (QED) is 0.837. The smallest absolute Gasteiger partial charge is 0.132 e. The van der Waals surface area contributed by atoms with Crippen LogP contribution in [0.2, 0.25) is 0 Å². The monoisotopic (exact) mass is 259 g/mol. The number of aryl methyl sites for hydroxylation is 1. The van der Waals surface area contributed by atoms with Gasteiger partial charge < -0.3 is 14.8 Å². The summed E-state index contributed by atoms with van der Waals surface area (Å²) < 4.78 is 5.19. The fourth-order valence-corrected chi connectivity index (χ4v) is 2.01. The Morgan fingerprint density at radius 1 is 1.21 bits per heavy atom. The van der Waals surface area contributed by atoms with Crippen LogP contribution >= 0.6 is 0 Å². The highest BCUT2D eigenvalue weighted by Gasteiger charge is 2.14. The summed E-state index contributed by atoms with van der Waals surface area (Å²) in [7, 11) is 0. The van der Waals surface area contributed by atoms with E-state index in [1.165, 1.54) is 11.1 Å². The van der Waals surface area contributed by atoms with Gasteiger partial charge in [0.25, 0.3) is 0 Å². The second-order valence-corrected chi connectivity index (χ2v) is 5.03. The Hall–Kier alpha value is -1.58. The molecule has 0 saturated carbocycles. The highest BCUT2D eigenvalue weighted by molar-refractivity contribution is 5.21. The molecule has 102 valence electrons. The Morgan fingerprint density at radius 2 is 1.95 bits per heavy atom. The first-order valence-electron chi connectivity index (χ1n) is 6.65. The first-order valence-corrected chi connectivity index (χ1v) is 6.65. The molecular formula is C16H21NO2. The maximum atomic E-state index is 9.98. The number of hydrogen-bond donors (Lipinski definition) is 2. The van der Waals surface area contributed by atoms with Crippen molar-refractivity contribution in [1.29, 1.82) is 0 Å². The predicted molar refractivity (Wildman–Crippen MR) is 75.8 cm³/mol.